The molecule has 0 aliphatic heterocycles. The lowest BCUT2D eigenvalue weighted by atomic mass is 10.1. The summed E-state index contributed by atoms with van der Waals surface area (Å²) < 4.78 is 27.1. The number of benzene rings is 1. The van der Waals surface area contributed by atoms with Crippen LogP contribution in [0.5, 0.6) is 0 Å². The van der Waals surface area contributed by atoms with E-state index < -0.39 is 23.1 Å². The van der Waals surface area contributed by atoms with Crippen molar-refractivity contribution in [2.24, 2.45) is 5.73 Å². The normalized spacial score (nSPS) is 10.4. The average Bonchev–Trinajstić information content (AvgIpc) is 2.98. The second kappa shape index (κ2) is 7.19. The van der Waals surface area contributed by atoms with Gasteiger partial charge >= 0.3 is 0 Å². The molecule has 0 aliphatic carbocycles. The van der Waals surface area contributed by atoms with Crippen LogP contribution < -0.4 is 11.1 Å². The first-order valence-corrected chi connectivity index (χ1v) is 7.55. The molecule has 0 fully saturated rings. The molecule has 0 spiro atoms. The highest BCUT2D eigenvalue weighted by molar-refractivity contribution is 7.09. The lowest BCUT2D eigenvalue weighted by molar-refractivity contribution is -0.128. The van der Waals surface area contributed by atoms with Crippen LogP contribution in [0.3, 0.4) is 0 Å². The van der Waals surface area contributed by atoms with E-state index in [0.717, 1.165) is 10.9 Å². The lowest BCUT2D eigenvalue weighted by Gasteiger charge is -2.17. The Kier molecular flexibility index (Phi) is 5.28. The van der Waals surface area contributed by atoms with Crippen LogP contribution in [0.4, 0.5) is 14.5 Å². The van der Waals surface area contributed by atoms with Crippen molar-refractivity contribution in [3.8, 4) is 0 Å². The van der Waals surface area contributed by atoms with Crippen LogP contribution in [0, 0.1) is 11.6 Å². The number of nitrogens with zero attached hydrogens (tertiary/aromatic N) is 1. The number of anilines is 1. The average molecular weight is 339 g/mol. The highest BCUT2D eigenvalue weighted by atomic mass is 32.1. The minimum atomic E-state index is -1.04. The van der Waals surface area contributed by atoms with Gasteiger partial charge in [-0.25, -0.2) is 8.78 Å². The molecule has 1 aromatic carbocycles. The molecule has 0 saturated carbocycles. The molecule has 1 heterocycles. The lowest BCUT2D eigenvalue weighted by Crippen LogP contribution is -2.31. The number of likely N-dealkylation sites (N-methyl/N-ethyl adjacent to an activating group) is 1. The molecule has 122 valence electrons. The van der Waals surface area contributed by atoms with Crippen molar-refractivity contribution in [1.82, 2.24) is 4.90 Å². The van der Waals surface area contributed by atoms with Gasteiger partial charge in [0.25, 0.3) is 5.91 Å². The summed E-state index contributed by atoms with van der Waals surface area (Å²) in [4.78, 5) is 25.6. The van der Waals surface area contributed by atoms with Gasteiger partial charge in [0, 0.05) is 18.0 Å². The second-order valence-corrected chi connectivity index (χ2v) is 5.89. The molecule has 0 saturated heterocycles. The minimum absolute atomic E-state index is 0.155. The standard InChI is InChI=1S/C15H15F2N3O2S/c1-20(8-9-3-2-4-23-9)14(21)7-19-13-5-10(15(18)22)11(16)6-12(13)17/h2-6,19H,7-8H2,1H3,(H2,18,22). The number of halogens is 2. The van der Waals surface area contributed by atoms with Crippen molar-refractivity contribution in [2.75, 3.05) is 18.9 Å². The van der Waals surface area contributed by atoms with Gasteiger partial charge < -0.3 is 16.0 Å². The minimum Gasteiger partial charge on any atom is -0.374 e. The van der Waals surface area contributed by atoms with Crippen molar-refractivity contribution < 1.29 is 18.4 Å². The third-order valence-corrected chi connectivity index (χ3v) is 4.01. The van der Waals surface area contributed by atoms with E-state index in [4.69, 9.17) is 5.73 Å². The number of primary amides is 1. The molecule has 0 bridgehead atoms. The topological polar surface area (TPSA) is 75.4 Å². The van der Waals surface area contributed by atoms with E-state index in [1.807, 2.05) is 17.5 Å². The fourth-order valence-corrected chi connectivity index (χ4v) is 2.66. The Morgan fingerprint density at radius 1 is 1.30 bits per heavy atom. The first-order valence-electron chi connectivity index (χ1n) is 6.67. The maximum atomic E-state index is 13.7. The summed E-state index contributed by atoms with van der Waals surface area (Å²) in [6.45, 7) is 0.249. The van der Waals surface area contributed by atoms with Crippen molar-refractivity contribution in [3.05, 3.63) is 51.7 Å². The summed E-state index contributed by atoms with van der Waals surface area (Å²) >= 11 is 1.52. The zero-order chi connectivity index (χ0) is 17.0. The van der Waals surface area contributed by atoms with Crippen molar-refractivity contribution >= 4 is 28.8 Å². The number of nitrogens with two attached hydrogens (primary N) is 1. The predicted molar refractivity (Wildman–Crippen MR) is 84.2 cm³/mol. The number of thiophene rings is 1. The van der Waals surface area contributed by atoms with Crippen LogP contribution in [0.1, 0.15) is 15.2 Å². The molecule has 3 N–H and O–H groups in total. The number of amides is 2. The van der Waals surface area contributed by atoms with E-state index in [0.29, 0.717) is 12.6 Å². The maximum absolute atomic E-state index is 13.7. The number of carbonyl (C=O) groups is 2. The Morgan fingerprint density at radius 2 is 2.04 bits per heavy atom. The Bertz CT molecular complexity index is 720. The van der Waals surface area contributed by atoms with Gasteiger partial charge in [-0.05, 0) is 17.5 Å². The van der Waals surface area contributed by atoms with E-state index in [2.05, 4.69) is 5.32 Å². The van der Waals surface area contributed by atoms with Crippen LogP contribution in [0.15, 0.2) is 29.6 Å². The molecule has 0 radical (unpaired) electrons. The van der Waals surface area contributed by atoms with Gasteiger partial charge in [-0.3, -0.25) is 9.59 Å². The van der Waals surface area contributed by atoms with E-state index in [9.17, 15) is 18.4 Å². The van der Waals surface area contributed by atoms with E-state index in [1.54, 1.807) is 7.05 Å². The monoisotopic (exact) mass is 339 g/mol. The molecule has 0 atom stereocenters. The molecule has 8 heteroatoms. The number of hydrogen-bond donors (Lipinski definition) is 2. The smallest absolute Gasteiger partial charge is 0.251 e. The summed E-state index contributed by atoms with van der Waals surface area (Å²) in [5.41, 5.74) is 4.42. The van der Waals surface area contributed by atoms with Crippen LogP contribution in [-0.4, -0.2) is 30.3 Å². The van der Waals surface area contributed by atoms with Gasteiger partial charge in [0.1, 0.15) is 11.6 Å². The fourth-order valence-electron chi connectivity index (χ4n) is 1.90. The quantitative estimate of drug-likeness (QED) is 0.847. The zero-order valence-corrected chi connectivity index (χ0v) is 13.1. The summed E-state index contributed by atoms with van der Waals surface area (Å²) in [6, 6.07) is 5.30. The Labute approximate surface area is 135 Å². The molecule has 23 heavy (non-hydrogen) atoms. The predicted octanol–water partition coefficient (Wildman–Crippen LogP) is 2.20. The van der Waals surface area contributed by atoms with Gasteiger partial charge in [-0.15, -0.1) is 11.3 Å². The van der Waals surface area contributed by atoms with E-state index in [1.165, 1.54) is 16.2 Å². The maximum Gasteiger partial charge on any atom is 0.251 e. The van der Waals surface area contributed by atoms with Gasteiger partial charge in [0.05, 0.1) is 24.3 Å². The molecular weight excluding hydrogens is 324 g/mol. The number of hydrogen-bond acceptors (Lipinski definition) is 4. The first-order chi connectivity index (χ1) is 10.9. The molecular formula is C15H15F2N3O2S. The molecule has 2 rings (SSSR count). The summed E-state index contributed by atoms with van der Waals surface area (Å²) in [6.07, 6.45) is 0. The van der Waals surface area contributed by atoms with Crippen LogP contribution in [-0.2, 0) is 11.3 Å². The van der Waals surface area contributed by atoms with Crippen LogP contribution >= 0.6 is 11.3 Å². The first kappa shape index (κ1) is 16.9. The molecule has 5 nitrogen and oxygen atoms in total. The Balaban J connectivity index is 2.01. The summed E-state index contributed by atoms with van der Waals surface area (Å²) in [5, 5.41) is 4.47. The molecule has 0 aliphatic rings. The molecule has 2 aromatic rings. The largest absolute Gasteiger partial charge is 0.374 e. The summed E-state index contributed by atoms with van der Waals surface area (Å²) in [7, 11) is 1.62. The Morgan fingerprint density at radius 3 is 2.65 bits per heavy atom. The van der Waals surface area contributed by atoms with E-state index in [-0.39, 0.29) is 18.1 Å². The SMILES string of the molecule is CN(Cc1cccs1)C(=O)CNc1cc(C(N)=O)c(F)cc1F. The van der Waals surface area contributed by atoms with Gasteiger partial charge in [-0.1, -0.05) is 6.07 Å². The van der Waals surface area contributed by atoms with Gasteiger partial charge in [0.2, 0.25) is 5.91 Å². The van der Waals surface area contributed by atoms with Crippen molar-refractivity contribution in [2.45, 2.75) is 6.54 Å². The highest BCUT2D eigenvalue weighted by Crippen LogP contribution is 2.19. The number of rotatable bonds is 6. The third-order valence-electron chi connectivity index (χ3n) is 3.15. The molecule has 2 amide bonds. The fraction of sp³-hybridized carbons (Fsp3) is 0.200. The second-order valence-electron chi connectivity index (χ2n) is 4.86. The van der Waals surface area contributed by atoms with Crippen molar-refractivity contribution in [1.29, 1.82) is 0 Å². The zero-order valence-electron chi connectivity index (χ0n) is 12.3. The number of nitrogens with one attached hydrogen (secondary N) is 1. The van der Waals surface area contributed by atoms with Crippen LogP contribution in [0.2, 0.25) is 0 Å². The van der Waals surface area contributed by atoms with Crippen molar-refractivity contribution in [3.63, 3.8) is 0 Å². The Hall–Kier alpha value is -2.48. The third kappa shape index (κ3) is 4.26. The van der Waals surface area contributed by atoms with E-state index >= 15 is 0 Å². The molecule has 1 aromatic heterocycles. The van der Waals surface area contributed by atoms with Crippen LogP contribution in [0.25, 0.3) is 0 Å². The molecule has 0 unspecified atom stereocenters. The van der Waals surface area contributed by atoms with Gasteiger partial charge in [-0.2, -0.15) is 0 Å². The summed E-state index contributed by atoms with van der Waals surface area (Å²) in [5.74, 6) is -3.22. The number of carbonyl (C=O) groups excluding carboxylic acids is 2. The highest BCUT2D eigenvalue weighted by Gasteiger charge is 2.15. The van der Waals surface area contributed by atoms with Gasteiger partial charge in [0.15, 0.2) is 0 Å².